The maximum Gasteiger partial charge on any atom is 0.263 e. The summed E-state index contributed by atoms with van der Waals surface area (Å²) in [5.74, 6) is -0.428. The number of hydrogen-bond acceptors (Lipinski definition) is 3. The van der Waals surface area contributed by atoms with Gasteiger partial charge in [0.15, 0.2) is 0 Å². The molecule has 5 heteroatoms. The van der Waals surface area contributed by atoms with E-state index < -0.39 is 0 Å². The van der Waals surface area contributed by atoms with Crippen LogP contribution in [0.15, 0.2) is 54.6 Å². The molecule has 3 aromatic rings. The lowest BCUT2D eigenvalue weighted by molar-refractivity contribution is 0.0954. The van der Waals surface area contributed by atoms with Gasteiger partial charge in [0.2, 0.25) is 0 Å². The molecule has 0 saturated heterocycles. The van der Waals surface area contributed by atoms with Gasteiger partial charge < -0.3 is 5.32 Å². The summed E-state index contributed by atoms with van der Waals surface area (Å²) < 4.78 is 12.9. The number of rotatable bonds is 5. The van der Waals surface area contributed by atoms with Crippen LogP contribution in [-0.4, -0.2) is 10.9 Å². The Morgan fingerprint density at radius 3 is 2.50 bits per heavy atom. The molecule has 1 aromatic heterocycles. The highest BCUT2D eigenvalue weighted by Crippen LogP contribution is 2.21. The van der Waals surface area contributed by atoms with Crippen molar-refractivity contribution in [3.63, 3.8) is 0 Å². The molecule has 0 atom stereocenters. The average Bonchev–Trinajstić information content (AvgIpc) is 2.95. The first kappa shape index (κ1) is 16.3. The molecule has 0 aliphatic heterocycles. The summed E-state index contributed by atoms with van der Waals surface area (Å²) in [5.41, 5.74) is 2.77. The van der Waals surface area contributed by atoms with Gasteiger partial charge in [-0.3, -0.25) is 4.79 Å². The number of aryl methyl sites for hydroxylation is 1. The predicted molar refractivity (Wildman–Crippen MR) is 93.7 cm³/mol. The predicted octanol–water partition coefficient (Wildman–Crippen LogP) is 4.11. The molecule has 0 saturated carbocycles. The summed E-state index contributed by atoms with van der Waals surface area (Å²) in [6, 6.07) is 16.2. The highest BCUT2D eigenvalue weighted by Gasteiger charge is 2.15. The Bertz CT molecular complexity index is 828. The van der Waals surface area contributed by atoms with Crippen molar-refractivity contribution >= 4 is 17.2 Å². The van der Waals surface area contributed by atoms with E-state index in [-0.39, 0.29) is 11.7 Å². The van der Waals surface area contributed by atoms with Gasteiger partial charge in [0, 0.05) is 13.0 Å². The lowest BCUT2D eigenvalue weighted by Gasteiger charge is -2.04. The third-order valence-corrected chi connectivity index (χ3v) is 4.77. The third kappa shape index (κ3) is 4.06. The molecular weight excluding hydrogens is 323 g/mol. The summed E-state index contributed by atoms with van der Waals surface area (Å²) in [6.45, 7) is 2.21. The molecule has 2 aromatic carbocycles. The quantitative estimate of drug-likeness (QED) is 0.759. The van der Waals surface area contributed by atoms with Crippen molar-refractivity contribution in [3.05, 3.63) is 87.1 Å². The molecule has 24 heavy (non-hydrogen) atoms. The van der Waals surface area contributed by atoms with E-state index in [4.69, 9.17) is 0 Å². The van der Waals surface area contributed by atoms with Gasteiger partial charge in [0.1, 0.15) is 10.7 Å². The van der Waals surface area contributed by atoms with Crippen molar-refractivity contribution in [2.45, 2.75) is 19.9 Å². The fourth-order valence-electron chi connectivity index (χ4n) is 2.37. The molecule has 0 bridgehead atoms. The van der Waals surface area contributed by atoms with Crippen molar-refractivity contribution in [2.24, 2.45) is 0 Å². The first-order valence-corrected chi connectivity index (χ1v) is 8.46. The van der Waals surface area contributed by atoms with Crippen LogP contribution in [0.2, 0.25) is 0 Å². The van der Waals surface area contributed by atoms with Gasteiger partial charge in [-0.25, -0.2) is 9.37 Å². The second-order valence-corrected chi connectivity index (χ2v) is 6.58. The van der Waals surface area contributed by atoms with Crippen LogP contribution < -0.4 is 5.32 Å². The molecule has 1 heterocycles. The smallest absolute Gasteiger partial charge is 0.263 e. The van der Waals surface area contributed by atoms with E-state index >= 15 is 0 Å². The Kier molecular flexibility index (Phi) is 5.01. The zero-order valence-electron chi connectivity index (χ0n) is 13.3. The highest BCUT2D eigenvalue weighted by atomic mass is 32.1. The standard InChI is InChI=1S/C19H17FN2OS/c1-13-18(19(23)21-12-15-7-9-16(20)10-8-15)24-17(22-13)11-14-5-3-2-4-6-14/h2-10H,11-12H2,1H3,(H,21,23). The van der Waals surface area contributed by atoms with Gasteiger partial charge in [-0.05, 0) is 30.2 Å². The van der Waals surface area contributed by atoms with E-state index in [1.165, 1.54) is 29.0 Å². The molecule has 0 radical (unpaired) electrons. The summed E-state index contributed by atoms with van der Waals surface area (Å²) in [4.78, 5) is 17.5. The second kappa shape index (κ2) is 7.36. The number of nitrogens with one attached hydrogen (secondary N) is 1. The number of hydrogen-bond donors (Lipinski definition) is 1. The maximum absolute atomic E-state index is 12.9. The first-order valence-electron chi connectivity index (χ1n) is 7.64. The van der Waals surface area contributed by atoms with Crippen LogP contribution in [0.5, 0.6) is 0 Å². The molecule has 0 aliphatic carbocycles. The summed E-state index contributed by atoms with van der Waals surface area (Å²) in [7, 11) is 0. The fraction of sp³-hybridized carbons (Fsp3) is 0.158. The summed E-state index contributed by atoms with van der Waals surface area (Å²) in [5, 5.41) is 3.78. The Labute approximate surface area is 144 Å². The number of carbonyl (C=O) groups excluding carboxylic acids is 1. The maximum atomic E-state index is 12.9. The van der Waals surface area contributed by atoms with Crippen molar-refractivity contribution in [1.82, 2.24) is 10.3 Å². The molecule has 0 aliphatic rings. The zero-order valence-corrected chi connectivity index (χ0v) is 14.1. The van der Waals surface area contributed by atoms with E-state index in [0.29, 0.717) is 11.4 Å². The van der Waals surface area contributed by atoms with Crippen molar-refractivity contribution < 1.29 is 9.18 Å². The minimum absolute atomic E-state index is 0.145. The van der Waals surface area contributed by atoms with Crippen LogP contribution >= 0.6 is 11.3 Å². The minimum atomic E-state index is -0.283. The number of halogens is 1. The fourth-order valence-corrected chi connectivity index (χ4v) is 3.39. The Morgan fingerprint density at radius 2 is 1.79 bits per heavy atom. The number of nitrogens with zero attached hydrogens (tertiary/aromatic N) is 1. The molecule has 122 valence electrons. The van der Waals surface area contributed by atoms with Gasteiger partial charge in [0.05, 0.1) is 10.7 Å². The topological polar surface area (TPSA) is 42.0 Å². The van der Waals surface area contributed by atoms with Crippen LogP contribution in [0.1, 0.15) is 31.5 Å². The molecule has 0 spiro atoms. The summed E-state index contributed by atoms with van der Waals surface area (Å²) in [6.07, 6.45) is 0.720. The monoisotopic (exact) mass is 340 g/mol. The molecule has 3 nitrogen and oxygen atoms in total. The largest absolute Gasteiger partial charge is 0.347 e. The molecule has 0 unspecified atom stereocenters. The summed E-state index contributed by atoms with van der Waals surface area (Å²) >= 11 is 1.42. The second-order valence-electron chi connectivity index (χ2n) is 5.49. The van der Waals surface area contributed by atoms with Gasteiger partial charge in [0.25, 0.3) is 5.91 Å². The van der Waals surface area contributed by atoms with Crippen LogP contribution in [0.4, 0.5) is 4.39 Å². The van der Waals surface area contributed by atoms with Crippen LogP contribution in [-0.2, 0) is 13.0 Å². The molecule has 1 amide bonds. The van der Waals surface area contributed by atoms with Crippen molar-refractivity contribution in [2.75, 3.05) is 0 Å². The number of aromatic nitrogens is 1. The molecule has 1 N–H and O–H groups in total. The van der Waals surface area contributed by atoms with Gasteiger partial charge in [-0.2, -0.15) is 0 Å². The van der Waals surface area contributed by atoms with E-state index in [2.05, 4.69) is 10.3 Å². The normalized spacial score (nSPS) is 10.6. The minimum Gasteiger partial charge on any atom is -0.347 e. The average molecular weight is 340 g/mol. The molecular formula is C19H17FN2OS. The Morgan fingerprint density at radius 1 is 1.08 bits per heavy atom. The van der Waals surface area contributed by atoms with E-state index in [1.54, 1.807) is 12.1 Å². The van der Waals surface area contributed by atoms with E-state index in [1.807, 2.05) is 37.3 Å². The van der Waals surface area contributed by atoms with Crippen LogP contribution in [0.3, 0.4) is 0 Å². The number of amides is 1. The lowest BCUT2D eigenvalue weighted by atomic mass is 10.2. The van der Waals surface area contributed by atoms with E-state index in [0.717, 1.165) is 22.7 Å². The van der Waals surface area contributed by atoms with Gasteiger partial charge in [-0.15, -0.1) is 11.3 Å². The van der Waals surface area contributed by atoms with Crippen LogP contribution in [0.25, 0.3) is 0 Å². The highest BCUT2D eigenvalue weighted by molar-refractivity contribution is 7.13. The Hall–Kier alpha value is -2.53. The molecule has 3 rings (SSSR count). The number of carbonyl (C=O) groups is 1. The van der Waals surface area contributed by atoms with Crippen molar-refractivity contribution in [1.29, 1.82) is 0 Å². The number of benzene rings is 2. The molecule has 0 fully saturated rings. The zero-order chi connectivity index (χ0) is 16.9. The number of thiazole rings is 1. The van der Waals surface area contributed by atoms with Crippen LogP contribution in [0, 0.1) is 12.7 Å². The van der Waals surface area contributed by atoms with Gasteiger partial charge >= 0.3 is 0 Å². The van der Waals surface area contributed by atoms with E-state index in [9.17, 15) is 9.18 Å². The lowest BCUT2D eigenvalue weighted by Crippen LogP contribution is -2.22. The SMILES string of the molecule is Cc1nc(Cc2ccccc2)sc1C(=O)NCc1ccc(F)cc1. The van der Waals surface area contributed by atoms with Crippen molar-refractivity contribution in [3.8, 4) is 0 Å². The third-order valence-electron chi connectivity index (χ3n) is 3.61. The van der Waals surface area contributed by atoms with Gasteiger partial charge in [-0.1, -0.05) is 42.5 Å². The first-order chi connectivity index (χ1) is 11.6. The Balaban J connectivity index is 1.65.